The second-order valence-electron chi connectivity index (χ2n) is 9.98. The maximum atomic E-state index is 13.4. The lowest BCUT2D eigenvalue weighted by Gasteiger charge is -2.37. The van der Waals surface area contributed by atoms with Gasteiger partial charge in [-0.25, -0.2) is 9.59 Å². The predicted octanol–water partition coefficient (Wildman–Crippen LogP) is 1.63. The molecule has 2 aliphatic heterocycles. The number of carbonyl (C=O) groups is 3. The lowest BCUT2D eigenvalue weighted by Crippen LogP contribution is -2.53. The van der Waals surface area contributed by atoms with Gasteiger partial charge >= 0.3 is 12.1 Å². The molecule has 0 bridgehead atoms. The van der Waals surface area contributed by atoms with Gasteiger partial charge < -0.3 is 36.0 Å². The van der Waals surface area contributed by atoms with Crippen molar-refractivity contribution in [2.24, 2.45) is 11.1 Å². The molecule has 1 unspecified atom stereocenters. The molecule has 11 heteroatoms. The van der Waals surface area contributed by atoms with Gasteiger partial charge in [-0.1, -0.05) is 32.0 Å². The van der Waals surface area contributed by atoms with E-state index in [0.29, 0.717) is 32.5 Å². The molecule has 2 aliphatic rings. The van der Waals surface area contributed by atoms with E-state index in [4.69, 9.17) is 10.5 Å². The molecular formula is C24H38ClN5O5. The molecule has 5 N–H and O–H groups in total. The fourth-order valence-corrected chi connectivity index (χ4v) is 4.72. The quantitative estimate of drug-likeness (QED) is 0.418. The second-order valence-corrected chi connectivity index (χ2v) is 9.98. The molecule has 3 atom stereocenters. The van der Waals surface area contributed by atoms with E-state index >= 15 is 0 Å². The maximum Gasteiger partial charge on any atom is 0.407 e. The van der Waals surface area contributed by atoms with Crippen molar-refractivity contribution >= 4 is 36.1 Å². The average Bonchev–Trinajstić information content (AvgIpc) is 2.79. The number of nitrogens with two attached hydrogens (primary N) is 1. The number of nitrogens with zero attached hydrogens (tertiary/aromatic N) is 2. The Hall–Kier alpha value is -2.56. The maximum absolute atomic E-state index is 13.4. The zero-order valence-corrected chi connectivity index (χ0v) is 21.5. The van der Waals surface area contributed by atoms with Gasteiger partial charge in [-0.05, 0) is 36.3 Å². The number of hydrogen-bond donors (Lipinski definition) is 4. The number of benzene rings is 1. The Morgan fingerprint density at radius 3 is 2.74 bits per heavy atom. The van der Waals surface area contributed by atoms with E-state index in [-0.39, 0.29) is 43.4 Å². The summed E-state index contributed by atoms with van der Waals surface area (Å²) in [5.74, 6) is -0.0779. The van der Waals surface area contributed by atoms with Crippen LogP contribution in [0.25, 0.3) is 0 Å². The molecule has 4 amide bonds. The van der Waals surface area contributed by atoms with Gasteiger partial charge in [0, 0.05) is 44.3 Å². The zero-order valence-electron chi connectivity index (χ0n) is 20.7. The first-order valence-electron chi connectivity index (χ1n) is 11.8. The SMILES string of the molecule is COC(=O)NC1Cc2ccccc2N(C(=O)CC(C)(C)C[C@H](N)[C@@H](O)CN2CCCNC2=O)C1.Cl. The summed E-state index contributed by atoms with van der Waals surface area (Å²) in [5.41, 5.74) is 7.63. The number of aliphatic hydroxyl groups excluding tert-OH is 1. The number of urea groups is 1. The van der Waals surface area contributed by atoms with Crippen molar-refractivity contribution in [1.29, 1.82) is 0 Å². The number of fused-ring (bicyclic) bond motifs is 1. The van der Waals surface area contributed by atoms with Crippen molar-refractivity contribution in [2.75, 3.05) is 38.2 Å². The Labute approximate surface area is 212 Å². The van der Waals surface area contributed by atoms with Gasteiger partial charge in [0.15, 0.2) is 0 Å². The number of hydrogen-bond acceptors (Lipinski definition) is 6. The number of aliphatic hydroxyl groups is 1. The lowest BCUT2D eigenvalue weighted by molar-refractivity contribution is -0.120. The number of ether oxygens (including phenoxy) is 1. The van der Waals surface area contributed by atoms with E-state index in [0.717, 1.165) is 17.7 Å². The Morgan fingerprint density at radius 2 is 2.06 bits per heavy atom. The fraction of sp³-hybridized carbons (Fsp3) is 0.625. The molecular weight excluding hydrogens is 474 g/mol. The number of anilines is 1. The smallest absolute Gasteiger partial charge is 0.407 e. The molecule has 1 aromatic rings. The number of nitrogens with one attached hydrogen (secondary N) is 2. The number of amides is 4. The number of carbonyl (C=O) groups excluding carboxylic acids is 3. The van der Waals surface area contributed by atoms with E-state index < -0.39 is 23.7 Å². The Morgan fingerprint density at radius 1 is 1.34 bits per heavy atom. The summed E-state index contributed by atoms with van der Waals surface area (Å²) in [6, 6.07) is 6.64. The standard InChI is InChI=1S/C24H37N5O5.ClH/c1-24(2,12-18(25)20(30)15-28-10-6-9-26-22(28)32)13-21(31)29-14-17(27-23(33)34-3)11-16-7-4-5-8-19(16)29;/h4-5,7-8,17-18,20,30H,6,9-15,25H2,1-3H3,(H,26,32)(H,27,33);1H/t17?,18-,20-;/m0./s1. The zero-order chi connectivity index (χ0) is 24.9. The minimum atomic E-state index is -0.887. The minimum Gasteiger partial charge on any atom is -0.453 e. The predicted molar refractivity (Wildman–Crippen MR) is 136 cm³/mol. The van der Waals surface area contributed by atoms with Gasteiger partial charge in [-0.2, -0.15) is 0 Å². The van der Waals surface area contributed by atoms with Gasteiger partial charge in [0.25, 0.3) is 0 Å². The molecule has 2 heterocycles. The van der Waals surface area contributed by atoms with Crippen molar-refractivity contribution in [3.8, 4) is 0 Å². The van der Waals surface area contributed by atoms with Crippen molar-refractivity contribution in [3.63, 3.8) is 0 Å². The van der Waals surface area contributed by atoms with Crippen LogP contribution in [0, 0.1) is 5.41 Å². The van der Waals surface area contributed by atoms with E-state index in [1.807, 2.05) is 38.1 Å². The molecule has 10 nitrogen and oxygen atoms in total. The van der Waals surface area contributed by atoms with Crippen molar-refractivity contribution in [1.82, 2.24) is 15.5 Å². The van der Waals surface area contributed by atoms with Crippen LogP contribution in [0.1, 0.15) is 38.7 Å². The summed E-state index contributed by atoms with van der Waals surface area (Å²) in [4.78, 5) is 40.4. The van der Waals surface area contributed by atoms with Crippen LogP contribution in [0.5, 0.6) is 0 Å². The number of methoxy groups -OCH3 is 1. The highest BCUT2D eigenvalue weighted by Gasteiger charge is 2.34. The van der Waals surface area contributed by atoms with Crippen LogP contribution in [0.2, 0.25) is 0 Å². The summed E-state index contributed by atoms with van der Waals surface area (Å²) in [6.07, 6.45) is 0.657. The third-order valence-corrected chi connectivity index (χ3v) is 6.45. The topological polar surface area (TPSA) is 137 Å². The highest BCUT2D eigenvalue weighted by Crippen LogP contribution is 2.32. The summed E-state index contributed by atoms with van der Waals surface area (Å²) < 4.78 is 4.72. The summed E-state index contributed by atoms with van der Waals surface area (Å²) in [5, 5.41) is 16.2. The third-order valence-electron chi connectivity index (χ3n) is 6.45. The molecule has 3 rings (SSSR count). The Balaban J connectivity index is 0.00000432. The Bertz CT molecular complexity index is 899. The molecule has 0 radical (unpaired) electrons. The van der Waals surface area contributed by atoms with Crippen LogP contribution >= 0.6 is 12.4 Å². The van der Waals surface area contributed by atoms with Gasteiger partial charge in [0.1, 0.15) is 0 Å². The first kappa shape index (κ1) is 28.7. The molecule has 0 aromatic heterocycles. The first-order chi connectivity index (χ1) is 16.1. The van der Waals surface area contributed by atoms with Crippen molar-refractivity contribution in [3.05, 3.63) is 29.8 Å². The normalized spacial score (nSPS) is 19.6. The number of β-amino-alcohol motifs (C(OH)–C–C–N with tert-alkyl or cyclic N) is 1. The van der Waals surface area contributed by atoms with Crippen LogP contribution in [0.3, 0.4) is 0 Å². The molecule has 0 spiro atoms. The van der Waals surface area contributed by atoms with Crippen molar-refractivity contribution < 1.29 is 24.2 Å². The van der Waals surface area contributed by atoms with E-state index in [1.165, 1.54) is 7.11 Å². The van der Waals surface area contributed by atoms with Crippen LogP contribution in [-0.4, -0.2) is 79.5 Å². The van der Waals surface area contributed by atoms with Gasteiger partial charge in [0.05, 0.1) is 19.3 Å². The number of alkyl carbamates (subject to hydrolysis) is 1. The van der Waals surface area contributed by atoms with Gasteiger partial charge in [-0.15, -0.1) is 12.4 Å². The van der Waals surface area contributed by atoms with Crippen LogP contribution in [0.4, 0.5) is 15.3 Å². The third kappa shape index (κ3) is 7.71. The van der Waals surface area contributed by atoms with Gasteiger partial charge in [-0.3, -0.25) is 4.79 Å². The van der Waals surface area contributed by atoms with E-state index in [1.54, 1.807) is 9.80 Å². The molecule has 1 aromatic carbocycles. The van der Waals surface area contributed by atoms with Crippen molar-refractivity contribution in [2.45, 2.75) is 57.7 Å². The monoisotopic (exact) mass is 511 g/mol. The first-order valence-corrected chi connectivity index (χ1v) is 11.8. The molecule has 0 aliphatic carbocycles. The van der Waals surface area contributed by atoms with Crippen LogP contribution < -0.4 is 21.3 Å². The van der Waals surface area contributed by atoms with Crippen LogP contribution in [-0.2, 0) is 16.0 Å². The number of halogens is 1. The lowest BCUT2D eigenvalue weighted by atomic mass is 9.80. The highest BCUT2D eigenvalue weighted by molar-refractivity contribution is 5.95. The number of para-hydroxylation sites is 1. The van der Waals surface area contributed by atoms with Crippen LogP contribution in [0.15, 0.2) is 24.3 Å². The van der Waals surface area contributed by atoms with Gasteiger partial charge in [0.2, 0.25) is 5.91 Å². The molecule has 35 heavy (non-hydrogen) atoms. The van der Waals surface area contributed by atoms with E-state index in [2.05, 4.69) is 10.6 Å². The molecule has 196 valence electrons. The second kappa shape index (κ2) is 12.4. The molecule has 1 saturated heterocycles. The molecule has 1 fully saturated rings. The summed E-state index contributed by atoms with van der Waals surface area (Å²) in [6.45, 7) is 5.64. The number of rotatable bonds is 8. The Kier molecular flexibility index (Phi) is 10.2. The fourth-order valence-electron chi connectivity index (χ4n) is 4.72. The minimum absolute atomic E-state index is 0. The van der Waals surface area contributed by atoms with E-state index in [9.17, 15) is 19.5 Å². The summed E-state index contributed by atoms with van der Waals surface area (Å²) >= 11 is 0. The highest BCUT2D eigenvalue weighted by atomic mass is 35.5. The molecule has 0 saturated carbocycles. The largest absolute Gasteiger partial charge is 0.453 e. The average molecular weight is 512 g/mol. The summed E-state index contributed by atoms with van der Waals surface area (Å²) in [7, 11) is 1.31.